The molecule has 0 radical (unpaired) electrons. The summed E-state index contributed by atoms with van der Waals surface area (Å²) >= 11 is 0. The normalized spacial score (nSPS) is 16.5. The van der Waals surface area contributed by atoms with Gasteiger partial charge in [0.2, 0.25) is 5.91 Å². The number of hydrogen-bond donors (Lipinski definition) is 1. The van der Waals surface area contributed by atoms with E-state index in [4.69, 9.17) is 5.73 Å². The predicted octanol–water partition coefficient (Wildman–Crippen LogP) is 2.62. The van der Waals surface area contributed by atoms with Crippen molar-refractivity contribution in [3.05, 3.63) is 35.4 Å². The van der Waals surface area contributed by atoms with E-state index in [9.17, 15) is 18.0 Å². The molecule has 118 valence electrons. The monoisotopic (exact) mass is 322 g/mol. The van der Waals surface area contributed by atoms with Crippen LogP contribution < -0.4 is 5.73 Å². The number of alkyl halides is 3. The van der Waals surface area contributed by atoms with Crippen LogP contribution in [0, 0.1) is 0 Å². The molecule has 0 unspecified atom stereocenters. The number of amides is 1. The van der Waals surface area contributed by atoms with Gasteiger partial charge in [-0.1, -0.05) is 18.2 Å². The summed E-state index contributed by atoms with van der Waals surface area (Å²) in [5, 5.41) is 0. The molecule has 2 N–H and O–H groups in total. The Kier molecular flexibility index (Phi) is 6.04. The topological polar surface area (TPSA) is 46.3 Å². The van der Waals surface area contributed by atoms with Gasteiger partial charge in [-0.25, -0.2) is 0 Å². The van der Waals surface area contributed by atoms with Gasteiger partial charge in [-0.3, -0.25) is 4.79 Å². The number of nitrogens with zero attached hydrogens (tertiary/aromatic N) is 1. The van der Waals surface area contributed by atoms with Crippen LogP contribution in [-0.4, -0.2) is 29.9 Å². The Hall–Kier alpha value is -1.27. The van der Waals surface area contributed by atoms with Crippen molar-refractivity contribution in [3.63, 3.8) is 0 Å². The quantitative estimate of drug-likeness (QED) is 0.910. The lowest BCUT2D eigenvalue weighted by Gasteiger charge is -2.30. The smallest absolute Gasteiger partial charge is 0.342 e. The fraction of sp³-hybridized carbons (Fsp3) is 0.500. The fourth-order valence-electron chi connectivity index (χ4n) is 2.29. The van der Waals surface area contributed by atoms with E-state index in [1.165, 1.54) is 6.07 Å². The number of benzene rings is 1. The van der Waals surface area contributed by atoms with Gasteiger partial charge in [-0.05, 0) is 24.5 Å². The lowest BCUT2D eigenvalue weighted by molar-refractivity contribution is -0.138. The Balaban J connectivity index is 0.00000220. The molecule has 0 atom stereocenters. The zero-order valence-corrected chi connectivity index (χ0v) is 12.2. The summed E-state index contributed by atoms with van der Waals surface area (Å²) in [5.74, 6) is -0.142. The number of carbonyl (C=O) groups excluding carboxylic acids is 1. The van der Waals surface area contributed by atoms with Gasteiger partial charge in [0.15, 0.2) is 0 Å². The first-order chi connectivity index (χ1) is 9.36. The average Bonchev–Trinajstić information content (AvgIpc) is 2.38. The van der Waals surface area contributed by atoms with Crippen molar-refractivity contribution >= 4 is 18.3 Å². The third kappa shape index (κ3) is 4.89. The zero-order valence-electron chi connectivity index (χ0n) is 11.4. The molecule has 1 fully saturated rings. The van der Waals surface area contributed by atoms with Crippen molar-refractivity contribution in [1.82, 2.24) is 4.90 Å². The van der Waals surface area contributed by atoms with E-state index < -0.39 is 11.7 Å². The Morgan fingerprint density at radius 3 is 2.48 bits per heavy atom. The van der Waals surface area contributed by atoms with Gasteiger partial charge >= 0.3 is 6.18 Å². The molecule has 0 aromatic heterocycles. The number of likely N-dealkylation sites (tertiary alicyclic amines) is 1. The van der Waals surface area contributed by atoms with Crippen LogP contribution in [0.1, 0.15) is 24.0 Å². The van der Waals surface area contributed by atoms with Gasteiger partial charge in [0.1, 0.15) is 0 Å². The van der Waals surface area contributed by atoms with Gasteiger partial charge in [0.25, 0.3) is 0 Å². The van der Waals surface area contributed by atoms with Crippen molar-refractivity contribution in [3.8, 4) is 0 Å². The van der Waals surface area contributed by atoms with Crippen LogP contribution in [0.15, 0.2) is 24.3 Å². The molecule has 1 aliphatic rings. The molecule has 0 aliphatic carbocycles. The SMILES string of the molecule is Cl.NC1CCN(C(=O)Cc2cccc(C(F)(F)F)c2)CC1. The highest BCUT2D eigenvalue weighted by Gasteiger charge is 2.30. The molecule has 1 aromatic rings. The first kappa shape index (κ1) is 17.8. The van der Waals surface area contributed by atoms with Gasteiger partial charge in [-0.2, -0.15) is 13.2 Å². The molecule has 1 aliphatic heterocycles. The molecular formula is C14H18ClF3N2O. The van der Waals surface area contributed by atoms with E-state index in [0.717, 1.165) is 25.0 Å². The van der Waals surface area contributed by atoms with Gasteiger partial charge in [0.05, 0.1) is 12.0 Å². The maximum absolute atomic E-state index is 12.6. The summed E-state index contributed by atoms with van der Waals surface area (Å²) in [5.41, 5.74) is 5.42. The minimum Gasteiger partial charge on any atom is -0.342 e. The number of halogens is 4. The molecule has 21 heavy (non-hydrogen) atoms. The third-order valence-corrected chi connectivity index (χ3v) is 3.50. The minimum atomic E-state index is -4.38. The second kappa shape index (κ2) is 7.13. The van der Waals surface area contributed by atoms with E-state index in [-0.39, 0.29) is 30.8 Å². The van der Waals surface area contributed by atoms with Crippen LogP contribution in [-0.2, 0) is 17.4 Å². The molecule has 7 heteroatoms. The predicted molar refractivity (Wildman–Crippen MR) is 76.2 cm³/mol. The number of rotatable bonds is 2. The maximum atomic E-state index is 12.6. The maximum Gasteiger partial charge on any atom is 0.416 e. The molecule has 0 spiro atoms. The molecule has 3 nitrogen and oxygen atoms in total. The summed E-state index contributed by atoms with van der Waals surface area (Å²) in [4.78, 5) is 13.7. The Bertz CT molecular complexity index is 485. The summed E-state index contributed by atoms with van der Waals surface area (Å²) in [6.45, 7) is 1.16. The number of nitrogens with two attached hydrogens (primary N) is 1. The second-order valence-electron chi connectivity index (χ2n) is 5.09. The second-order valence-corrected chi connectivity index (χ2v) is 5.09. The van der Waals surface area contributed by atoms with Crippen LogP contribution >= 0.6 is 12.4 Å². The van der Waals surface area contributed by atoms with Crippen LogP contribution in [0.4, 0.5) is 13.2 Å². The molecule has 2 rings (SSSR count). The van der Waals surface area contributed by atoms with Crippen LogP contribution in [0.5, 0.6) is 0 Å². The summed E-state index contributed by atoms with van der Waals surface area (Å²) in [7, 11) is 0. The van der Waals surface area contributed by atoms with E-state index in [1.54, 1.807) is 11.0 Å². The lowest BCUT2D eigenvalue weighted by Crippen LogP contribution is -2.43. The van der Waals surface area contributed by atoms with Gasteiger partial charge in [0, 0.05) is 19.1 Å². The Morgan fingerprint density at radius 1 is 1.29 bits per heavy atom. The van der Waals surface area contributed by atoms with E-state index in [2.05, 4.69) is 0 Å². The van der Waals surface area contributed by atoms with Crippen molar-refractivity contribution in [1.29, 1.82) is 0 Å². The Morgan fingerprint density at radius 2 is 1.90 bits per heavy atom. The third-order valence-electron chi connectivity index (χ3n) is 3.50. The lowest BCUT2D eigenvalue weighted by atomic mass is 10.0. The first-order valence-corrected chi connectivity index (χ1v) is 6.56. The standard InChI is InChI=1S/C14H17F3N2O.ClH/c15-14(16,17)11-3-1-2-10(8-11)9-13(20)19-6-4-12(18)5-7-19;/h1-3,8,12H,4-7,9,18H2;1H. The highest BCUT2D eigenvalue weighted by Crippen LogP contribution is 2.29. The number of carbonyl (C=O) groups is 1. The number of piperidine rings is 1. The van der Waals surface area contributed by atoms with E-state index >= 15 is 0 Å². The van der Waals surface area contributed by atoms with Crippen LogP contribution in [0.3, 0.4) is 0 Å². The van der Waals surface area contributed by atoms with Gasteiger partial charge < -0.3 is 10.6 Å². The molecule has 1 aromatic carbocycles. The molecule has 1 amide bonds. The van der Waals surface area contributed by atoms with E-state index in [1.807, 2.05) is 0 Å². The highest BCUT2D eigenvalue weighted by molar-refractivity contribution is 5.85. The van der Waals surface area contributed by atoms with E-state index in [0.29, 0.717) is 18.7 Å². The van der Waals surface area contributed by atoms with Crippen molar-refractivity contribution in [2.75, 3.05) is 13.1 Å². The summed E-state index contributed by atoms with van der Waals surface area (Å²) in [6.07, 6.45) is -2.89. The fourth-order valence-corrected chi connectivity index (χ4v) is 2.29. The minimum absolute atomic E-state index is 0. The van der Waals surface area contributed by atoms with Gasteiger partial charge in [-0.15, -0.1) is 12.4 Å². The molecule has 0 bridgehead atoms. The number of hydrogen-bond acceptors (Lipinski definition) is 2. The van der Waals surface area contributed by atoms with Crippen molar-refractivity contribution in [2.24, 2.45) is 5.73 Å². The first-order valence-electron chi connectivity index (χ1n) is 6.56. The van der Waals surface area contributed by atoms with Crippen molar-refractivity contribution in [2.45, 2.75) is 31.5 Å². The average molecular weight is 323 g/mol. The van der Waals surface area contributed by atoms with Crippen LogP contribution in [0.25, 0.3) is 0 Å². The summed E-state index contributed by atoms with van der Waals surface area (Å²) < 4.78 is 37.8. The Labute approximate surface area is 127 Å². The molecule has 0 saturated carbocycles. The summed E-state index contributed by atoms with van der Waals surface area (Å²) in [6, 6.07) is 5.04. The molecular weight excluding hydrogens is 305 g/mol. The molecule has 1 saturated heterocycles. The van der Waals surface area contributed by atoms with Crippen molar-refractivity contribution < 1.29 is 18.0 Å². The largest absolute Gasteiger partial charge is 0.416 e. The molecule has 1 heterocycles. The van der Waals surface area contributed by atoms with Crippen LogP contribution in [0.2, 0.25) is 0 Å². The zero-order chi connectivity index (χ0) is 14.8. The highest BCUT2D eigenvalue weighted by atomic mass is 35.5.